The molecule has 80 valence electrons. The number of rotatable bonds is 4. The number of hydrogen-bond donors (Lipinski definition) is 1. The van der Waals surface area contributed by atoms with Gasteiger partial charge in [0.1, 0.15) is 0 Å². The van der Waals surface area contributed by atoms with Gasteiger partial charge in [-0.3, -0.25) is 0 Å². The first-order valence-corrected chi connectivity index (χ1v) is 5.90. The van der Waals surface area contributed by atoms with E-state index in [2.05, 4.69) is 59.2 Å². The summed E-state index contributed by atoms with van der Waals surface area (Å²) in [6.45, 7) is 5.11. The molecule has 0 saturated heterocycles. The lowest BCUT2D eigenvalue weighted by Crippen LogP contribution is -2.20. The maximum absolute atomic E-state index is 5.37. The summed E-state index contributed by atoms with van der Waals surface area (Å²) in [5.74, 6) is 2.71. The molecule has 1 aromatic rings. The van der Waals surface area contributed by atoms with Crippen LogP contribution in [-0.2, 0) is 0 Å². The molecule has 1 atom stereocenters. The minimum atomic E-state index is 0.260. The minimum absolute atomic E-state index is 0.260. The SMILES string of the molecule is C#CCC(NCC)c1cc(C)cc(Br)c1. The summed E-state index contributed by atoms with van der Waals surface area (Å²) in [6, 6.07) is 6.66. The molecule has 0 aliphatic heterocycles. The molecule has 1 nitrogen and oxygen atoms in total. The molecule has 2 heteroatoms. The van der Waals surface area contributed by atoms with Crippen LogP contribution in [0.3, 0.4) is 0 Å². The Balaban J connectivity index is 2.95. The van der Waals surface area contributed by atoms with Crippen LogP contribution in [0.5, 0.6) is 0 Å². The van der Waals surface area contributed by atoms with E-state index in [1.807, 2.05) is 0 Å². The van der Waals surface area contributed by atoms with Gasteiger partial charge in [0.2, 0.25) is 0 Å². The highest BCUT2D eigenvalue weighted by Crippen LogP contribution is 2.22. The summed E-state index contributed by atoms with van der Waals surface area (Å²) in [7, 11) is 0. The molecular formula is C13H16BrN. The molecule has 1 unspecified atom stereocenters. The highest BCUT2D eigenvalue weighted by atomic mass is 79.9. The summed E-state index contributed by atoms with van der Waals surface area (Å²) in [5, 5.41) is 3.39. The highest BCUT2D eigenvalue weighted by Gasteiger charge is 2.09. The number of halogens is 1. The highest BCUT2D eigenvalue weighted by molar-refractivity contribution is 9.10. The van der Waals surface area contributed by atoms with Crippen LogP contribution in [0, 0.1) is 19.3 Å². The van der Waals surface area contributed by atoms with Gasteiger partial charge in [-0.15, -0.1) is 12.3 Å². The van der Waals surface area contributed by atoms with Crippen LogP contribution in [0.4, 0.5) is 0 Å². The van der Waals surface area contributed by atoms with Gasteiger partial charge in [-0.05, 0) is 36.7 Å². The van der Waals surface area contributed by atoms with E-state index < -0.39 is 0 Å². The molecule has 0 aromatic heterocycles. The third-order valence-electron chi connectivity index (χ3n) is 2.24. The van der Waals surface area contributed by atoms with Gasteiger partial charge < -0.3 is 5.32 Å². The maximum Gasteiger partial charge on any atom is 0.0431 e. The smallest absolute Gasteiger partial charge is 0.0431 e. The topological polar surface area (TPSA) is 12.0 Å². The van der Waals surface area contributed by atoms with Crippen molar-refractivity contribution < 1.29 is 0 Å². The van der Waals surface area contributed by atoms with E-state index in [1.54, 1.807) is 0 Å². The summed E-state index contributed by atoms with van der Waals surface area (Å²) in [5.41, 5.74) is 2.50. The number of benzene rings is 1. The van der Waals surface area contributed by atoms with Crippen LogP contribution >= 0.6 is 15.9 Å². The van der Waals surface area contributed by atoms with Gasteiger partial charge in [0, 0.05) is 16.9 Å². The maximum atomic E-state index is 5.37. The fourth-order valence-electron chi connectivity index (χ4n) is 1.64. The predicted octanol–water partition coefficient (Wildman–Crippen LogP) is 3.43. The lowest BCUT2D eigenvalue weighted by molar-refractivity contribution is 0.565. The third-order valence-corrected chi connectivity index (χ3v) is 2.70. The molecular weight excluding hydrogens is 250 g/mol. The monoisotopic (exact) mass is 265 g/mol. The van der Waals surface area contributed by atoms with E-state index in [-0.39, 0.29) is 6.04 Å². The molecule has 0 heterocycles. The van der Waals surface area contributed by atoms with Gasteiger partial charge >= 0.3 is 0 Å². The van der Waals surface area contributed by atoms with Crippen molar-refractivity contribution in [1.29, 1.82) is 0 Å². The molecule has 1 N–H and O–H groups in total. The van der Waals surface area contributed by atoms with Crippen molar-refractivity contribution in [1.82, 2.24) is 5.32 Å². The molecule has 0 aliphatic carbocycles. The second-order valence-electron chi connectivity index (χ2n) is 3.58. The molecule has 0 bridgehead atoms. The molecule has 1 aromatic carbocycles. The van der Waals surface area contributed by atoms with Crippen LogP contribution in [-0.4, -0.2) is 6.54 Å². The van der Waals surface area contributed by atoms with Crippen LogP contribution < -0.4 is 5.32 Å². The summed E-state index contributed by atoms with van der Waals surface area (Å²) < 4.78 is 1.11. The lowest BCUT2D eigenvalue weighted by atomic mass is 10.0. The fraction of sp³-hybridized carbons (Fsp3) is 0.385. The molecule has 0 radical (unpaired) electrons. The average Bonchev–Trinajstić information content (AvgIpc) is 2.16. The zero-order chi connectivity index (χ0) is 11.3. The normalized spacial score (nSPS) is 12.1. The van der Waals surface area contributed by atoms with E-state index in [1.165, 1.54) is 11.1 Å². The zero-order valence-corrected chi connectivity index (χ0v) is 10.8. The van der Waals surface area contributed by atoms with Gasteiger partial charge in [-0.25, -0.2) is 0 Å². The summed E-state index contributed by atoms with van der Waals surface area (Å²) >= 11 is 3.50. The van der Waals surface area contributed by atoms with Crippen molar-refractivity contribution in [3.63, 3.8) is 0 Å². The van der Waals surface area contributed by atoms with Crippen LogP contribution in [0.2, 0.25) is 0 Å². The Morgan fingerprint density at radius 2 is 2.20 bits per heavy atom. The predicted molar refractivity (Wildman–Crippen MR) is 68.7 cm³/mol. The van der Waals surface area contributed by atoms with Crippen molar-refractivity contribution >= 4 is 15.9 Å². The molecule has 0 spiro atoms. The fourth-order valence-corrected chi connectivity index (χ4v) is 2.26. The molecule has 0 fully saturated rings. The Hall–Kier alpha value is -0.780. The minimum Gasteiger partial charge on any atom is -0.309 e. The average molecular weight is 266 g/mol. The van der Waals surface area contributed by atoms with Crippen molar-refractivity contribution in [2.75, 3.05) is 6.54 Å². The van der Waals surface area contributed by atoms with Gasteiger partial charge in [-0.1, -0.05) is 28.9 Å². The van der Waals surface area contributed by atoms with E-state index in [9.17, 15) is 0 Å². The first kappa shape index (κ1) is 12.3. The van der Waals surface area contributed by atoms with E-state index in [0.717, 1.165) is 17.4 Å². The first-order chi connectivity index (χ1) is 7.17. The summed E-state index contributed by atoms with van der Waals surface area (Å²) in [6.07, 6.45) is 6.10. The Morgan fingerprint density at radius 1 is 1.47 bits per heavy atom. The van der Waals surface area contributed by atoms with E-state index >= 15 is 0 Å². The Labute approximate surface area is 100 Å². The molecule has 0 saturated carbocycles. The molecule has 1 rings (SSSR count). The number of aryl methyl sites for hydroxylation is 1. The standard InChI is InChI=1S/C13H16BrN/c1-4-6-13(15-5-2)11-7-10(3)8-12(14)9-11/h1,7-9,13,15H,5-6H2,2-3H3. The Kier molecular flexibility index (Phi) is 4.87. The van der Waals surface area contributed by atoms with E-state index in [0.29, 0.717) is 0 Å². The van der Waals surface area contributed by atoms with Crippen molar-refractivity contribution in [3.8, 4) is 12.3 Å². The number of hydrogen-bond acceptors (Lipinski definition) is 1. The second-order valence-corrected chi connectivity index (χ2v) is 4.50. The zero-order valence-electron chi connectivity index (χ0n) is 9.18. The van der Waals surface area contributed by atoms with Crippen molar-refractivity contribution in [2.45, 2.75) is 26.3 Å². The van der Waals surface area contributed by atoms with Gasteiger partial charge in [0.15, 0.2) is 0 Å². The van der Waals surface area contributed by atoms with Crippen LogP contribution in [0.25, 0.3) is 0 Å². The Bertz CT molecular complexity index is 345. The molecule has 15 heavy (non-hydrogen) atoms. The van der Waals surface area contributed by atoms with E-state index in [4.69, 9.17) is 6.42 Å². The van der Waals surface area contributed by atoms with Crippen LogP contribution in [0.1, 0.15) is 30.5 Å². The molecule has 0 aliphatic rings. The van der Waals surface area contributed by atoms with Crippen LogP contribution in [0.15, 0.2) is 22.7 Å². The quantitative estimate of drug-likeness (QED) is 0.823. The van der Waals surface area contributed by atoms with Gasteiger partial charge in [0.05, 0.1) is 0 Å². The lowest BCUT2D eigenvalue weighted by Gasteiger charge is -2.16. The van der Waals surface area contributed by atoms with Gasteiger partial charge in [-0.2, -0.15) is 0 Å². The first-order valence-electron chi connectivity index (χ1n) is 5.11. The van der Waals surface area contributed by atoms with Crippen molar-refractivity contribution in [3.05, 3.63) is 33.8 Å². The number of terminal acetylenes is 1. The second kappa shape index (κ2) is 5.95. The van der Waals surface area contributed by atoms with Crippen molar-refractivity contribution in [2.24, 2.45) is 0 Å². The summed E-state index contributed by atoms with van der Waals surface area (Å²) in [4.78, 5) is 0. The largest absolute Gasteiger partial charge is 0.309 e. The Morgan fingerprint density at radius 3 is 2.73 bits per heavy atom. The third kappa shape index (κ3) is 3.70. The van der Waals surface area contributed by atoms with Gasteiger partial charge in [0.25, 0.3) is 0 Å². The molecule has 0 amide bonds. The number of nitrogens with one attached hydrogen (secondary N) is 1.